The summed E-state index contributed by atoms with van der Waals surface area (Å²) in [6, 6.07) is 0. The molecular formula is C11H15BrN2O2. The van der Waals surface area contributed by atoms with Crippen LogP contribution >= 0.6 is 15.9 Å². The summed E-state index contributed by atoms with van der Waals surface area (Å²) in [7, 11) is 1.77. The molecule has 4 nitrogen and oxygen atoms in total. The number of nitrogens with zero attached hydrogens (tertiary/aromatic N) is 2. The zero-order valence-corrected chi connectivity index (χ0v) is 11.0. The molecule has 0 radical (unpaired) electrons. The lowest BCUT2D eigenvalue weighted by Crippen LogP contribution is -2.28. The molecule has 1 aromatic heterocycles. The molecule has 0 aromatic carbocycles. The van der Waals surface area contributed by atoms with E-state index in [-0.39, 0.29) is 11.9 Å². The van der Waals surface area contributed by atoms with Crippen molar-refractivity contribution in [2.75, 3.05) is 6.61 Å². The van der Waals surface area contributed by atoms with Crippen LogP contribution in [0.5, 0.6) is 0 Å². The van der Waals surface area contributed by atoms with Crippen LogP contribution in [-0.2, 0) is 11.8 Å². The van der Waals surface area contributed by atoms with E-state index in [0.29, 0.717) is 18.2 Å². The Labute approximate surface area is 103 Å². The molecule has 0 saturated heterocycles. The summed E-state index contributed by atoms with van der Waals surface area (Å²) in [6.07, 6.45) is 3.53. The molecule has 1 aliphatic rings. The van der Waals surface area contributed by atoms with Crippen molar-refractivity contribution in [1.82, 2.24) is 9.78 Å². The molecule has 5 heteroatoms. The molecule has 1 atom stereocenters. The summed E-state index contributed by atoms with van der Waals surface area (Å²) < 4.78 is 7.89. The van der Waals surface area contributed by atoms with E-state index in [1.807, 2.05) is 6.92 Å². The van der Waals surface area contributed by atoms with Crippen LogP contribution in [-0.4, -0.2) is 28.3 Å². The summed E-state index contributed by atoms with van der Waals surface area (Å²) in [6.45, 7) is 2.49. The maximum Gasteiger partial charge on any atom is 0.210 e. The highest BCUT2D eigenvalue weighted by Crippen LogP contribution is 2.36. The Morgan fingerprint density at radius 1 is 1.75 bits per heavy atom. The SMILES string of the molecule is CCOC(C(=O)c1c(Br)cnn1C)C1CC1. The lowest BCUT2D eigenvalue weighted by Gasteiger charge is -2.15. The minimum atomic E-state index is -0.295. The van der Waals surface area contributed by atoms with E-state index in [9.17, 15) is 4.79 Å². The fourth-order valence-corrected chi connectivity index (χ4v) is 2.37. The predicted octanol–water partition coefficient (Wildman–Crippen LogP) is 2.18. The molecule has 0 bridgehead atoms. The number of rotatable bonds is 5. The van der Waals surface area contributed by atoms with Gasteiger partial charge in [0.25, 0.3) is 0 Å². The zero-order valence-electron chi connectivity index (χ0n) is 9.44. The first-order valence-corrected chi connectivity index (χ1v) is 6.27. The second-order valence-electron chi connectivity index (χ2n) is 4.04. The maximum atomic E-state index is 12.3. The number of halogens is 1. The summed E-state index contributed by atoms with van der Waals surface area (Å²) >= 11 is 3.35. The van der Waals surface area contributed by atoms with Crippen LogP contribution < -0.4 is 0 Å². The smallest absolute Gasteiger partial charge is 0.210 e. The number of ether oxygens (including phenoxy) is 1. The van der Waals surface area contributed by atoms with Crippen molar-refractivity contribution in [1.29, 1.82) is 0 Å². The van der Waals surface area contributed by atoms with Gasteiger partial charge in [0, 0.05) is 13.7 Å². The minimum Gasteiger partial charge on any atom is -0.370 e. The van der Waals surface area contributed by atoms with Gasteiger partial charge < -0.3 is 4.74 Å². The lowest BCUT2D eigenvalue weighted by atomic mass is 10.1. The Balaban J connectivity index is 2.22. The zero-order chi connectivity index (χ0) is 11.7. The van der Waals surface area contributed by atoms with Crippen molar-refractivity contribution in [3.8, 4) is 0 Å². The Morgan fingerprint density at radius 3 is 2.88 bits per heavy atom. The highest BCUT2D eigenvalue weighted by Gasteiger charge is 2.38. The number of carbonyl (C=O) groups is 1. The van der Waals surface area contributed by atoms with E-state index in [1.165, 1.54) is 0 Å². The fourth-order valence-electron chi connectivity index (χ4n) is 1.83. The van der Waals surface area contributed by atoms with Gasteiger partial charge in [-0.05, 0) is 41.6 Å². The first-order chi connectivity index (χ1) is 7.65. The minimum absolute atomic E-state index is 0.0382. The second-order valence-corrected chi connectivity index (χ2v) is 4.90. The van der Waals surface area contributed by atoms with E-state index < -0.39 is 0 Å². The number of aryl methyl sites for hydroxylation is 1. The monoisotopic (exact) mass is 286 g/mol. The third-order valence-electron chi connectivity index (χ3n) is 2.78. The van der Waals surface area contributed by atoms with Gasteiger partial charge in [0.2, 0.25) is 5.78 Å². The quantitative estimate of drug-likeness (QED) is 0.780. The van der Waals surface area contributed by atoms with E-state index in [1.54, 1.807) is 17.9 Å². The van der Waals surface area contributed by atoms with Crippen molar-refractivity contribution in [2.45, 2.75) is 25.9 Å². The Morgan fingerprint density at radius 2 is 2.44 bits per heavy atom. The average molecular weight is 287 g/mol. The molecule has 2 rings (SSSR count). The van der Waals surface area contributed by atoms with Crippen molar-refractivity contribution < 1.29 is 9.53 Å². The van der Waals surface area contributed by atoms with Gasteiger partial charge in [-0.25, -0.2) is 0 Å². The number of hydrogen-bond acceptors (Lipinski definition) is 3. The van der Waals surface area contributed by atoms with E-state index in [2.05, 4.69) is 21.0 Å². The first kappa shape index (κ1) is 11.8. The molecule has 1 heterocycles. The van der Waals surface area contributed by atoms with Crippen LogP contribution in [0.25, 0.3) is 0 Å². The third-order valence-corrected chi connectivity index (χ3v) is 3.36. The van der Waals surface area contributed by atoms with Crippen molar-refractivity contribution in [3.63, 3.8) is 0 Å². The van der Waals surface area contributed by atoms with Crippen molar-refractivity contribution in [3.05, 3.63) is 16.4 Å². The molecule has 1 aromatic rings. The van der Waals surface area contributed by atoms with Crippen LogP contribution in [0.15, 0.2) is 10.7 Å². The number of Topliss-reactive ketones (excluding diaryl/α,β-unsaturated/α-hetero) is 1. The molecule has 0 amide bonds. The van der Waals surface area contributed by atoms with Crippen LogP contribution in [0.1, 0.15) is 30.3 Å². The number of hydrogen-bond donors (Lipinski definition) is 0. The number of ketones is 1. The molecule has 1 fully saturated rings. The highest BCUT2D eigenvalue weighted by atomic mass is 79.9. The molecular weight excluding hydrogens is 272 g/mol. The average Bonchev–Trinajstić information content (AvgIpc) is 3.02. The van der Waals surface area contributed by atoms with Gasteiger partial charge in [-0.1, -0.05) is 0 Å². The van der Waals surface area contributed by atoms with Crippen molar-refractivity contribution in [2.24, 2.45) is 13.0 Å². The van der Waals surface area contributed by atoms with Gasteiger partial charge in [0.15, 0.2) is 0 Å². The number of carbonyl (C=O) groups excluding carboxylic acids is 1. The summed E-state index contributed by atoms with van der Waals surface area (Å²) in [5.41, 5.74) is 0.602. The van der Waals surface area contributed by atoms with Crippen LogP contribution in [0.3, 0.4) is 0 Å². The molecule has 1 saturated carbocycles. The molecule has 88 valence electrons. The normalized spacial score (nSPS) is 17.4. The van der Waals surface area contributed by atoms with E-state index in [0.717, 1.165) is 17.3 Å². The lowest BCUT2D eigenvalue weighted by molar-refractivity contribution is 0.0365. The largest absolute Gasteiger partial charge is 0.370 e. The Kier molecular flexibility index (Phi) is 3.44. The first-order valence-electron chi connectivity index (χ1n) is 5.48. The van der Waals surface area contributed by atoms with Crippen LogP contribution in [0.4, 0.5) is 0 Å². The van der Waals surface area contributed by atoms with Crippen LogP contribution in [0, 0.1) is 5.92 Å². The van der Waals surface area contributed by atoms with E-state index >= 15 is 0 Å². The summed E-state index contributed by atoms with van der Waals surface area (Å²) in [4.78, 5) is 12.3. The van der Waals surface area contributed by atoms with Gasteiger partial charge in [0.05, 0.1) is 10.7 Å². The standard InChI is InChI=1S/C11H15BrN2O2/c1-3-16-11(7-4-5-7)10(15)9-8(12)6-13-14(9)2/h6-7,11H,3-5H2,1-2H3. The molecule has 1 aliphatic carbocycles. The number of aromatic nitrogens is 2. The Bertz CT molecular complexity index is 379. The molecule has 0 aliphatic heterocycles. The van der Waals surface area contributed by atoms with E-state index in [4.69, 9.17) is 4.74 Å². The molecule has 1 unspecified atom stereocenters. The third kappa shape index (κ3) is 2.20. The molecule has 16 heavy (non-hydrogen) atoms. The predicted molar refractivity (Wildman–Crippen MR) is 63.4 cm³/mol. The maximum absolute atomic E-state index is 12.3. The Hall–Kier alpha value is -0.680. The summed E-state index contributed by atoms with van der Waals surface area (Å²) in [5, 5.41) is 4.05. The molecule has 0 spiro atoms. The second kappa shape index (κ2) is 4.67. The summed E-state index contributed by atoms with van der Waals surface area (Å²) in [5.74, 6) is 0.436. The van der Waals surface area contributed by atoms with Gasteiger partial charge in [-0.2, -0.15) is 5.10 Å². The van der Waals surface area contributed by atoms with Crippen LogP contribution in [0.2, 0.25) is 0 Å². The van der Waals surface area contributed by atoms with Gasteiger partial charge in [-0.3, -0.25) is 9.48 Å². The van der Waals surface area contributed by atoms with Gasteiger partial charge in [-0.15, -0.1) is 0 Å². The van der Waals surface area contributed by atoms with Gasteiger partial charge in [0.1, 0.15) is 11.8 Å². The molecule has 0 N–H and O–H groups in total. The highest BCUT2D eigenvalue weighted by molar-refractivity contribution is 9.10. The van der Waals surface area contributed by atoms with Crippen molar-refractivity contribution >= 4 is 21.7 Å². The topological polar surface area (TPSA) is 44.1 Å². The fraction of sp³-hybridized carbons (Fsp3) is 0.636. The van der Waals surface area contributed by atoms with Gasteiger partial charge >= 0.3 is 0 Å².